The van der Waals surface area contributed by atoms with Crippen LogP contribution in [-0.4, -0.2) is 83.9 Å². The number of carbonyl (C=O) groups excluding carboxylic acids is 4. The third-order valence-electron chi connectivity index (χ3n) is 4.65. The van der Waals surface area contributed by atoms with Crippen LogP contribution in [0.25, 0.3) is 0 Å². The maximum Gasteiger partial charge on any atom is 0.326 e. The predicted molar refractivity (Wildman–Crippen MR) is 131 cm³/mol. The van der Waals surface area contributed by atoms with E-state index in [0.29, 0.717) is 12.8 Å². The molecule has 0 rings (SSSR count). The van der Waals surface area contributed by atoms with Gasteiger partial charge >= 0.3 is 5.97 Å². The predicted octanol–water partition coefficient (Wildman–Crippen LogP) is -5.14. The van der Waals surface area contributed by atoms with E-state index in [-0.39, 0.29) is 37.9 Å². The fraction of sp³-hybridized carbons (Fsp3) is 0.632. The summed E-state index contributed by atoms with van der Waals surface area (Å²) in [5.74, 6) is -4.86. The highest BCUT2D eigenvalue weighted by Crippen LogP contribution is 2.03. The fourth-order valence-electron chi connectivity index (χ4n) is 2.78. The van der Waals surface area contributed by atoms with E-state index in [9.17, 15) is 24.0 Å². The first-order valence-corrected chi connectivity index (χ1v) is 11.0. The third kappa shape index (κ3) is 14.2. The van der Waals surface area contributed by atoms with Gasteiger partial charge in [0, 0.05) is 13.1 Å². The van der Waals surface area contributed by atoms with Gasteiger partial charge in [0.1, 0.15) is 18.1 Å². The maximum atomic E-state index is 12.8. The first-order valence-electron chi connectivity index (χ1n) is 11.0. The summed E-state index contributed by atoms with van der Waals surface area (Å²) >= 11 is 0. The molecule has 204 valence electrons. The number of hydrogen-bond donors (Lipinski definition) is 10. The van der Waals surface area contributed by atoms with Crippen LogP contribution >= 0.6 is 0 Å². The van der Waals surface area contributed by atoms with Gasteiger partial charge in [-0.25, -0.2) is 4.79 Å². The molecule has 0 saturated carbocycles. The largest absolute Gasteiger partial charge is 0.480 e. The summed E-state index contributed by atoms with van der Waals surface area (Å²) in [6, 6.07) is -4.84. The molecule has 0 aliphatic carbocycles. The van der Waals surface area contributed by atoms with Crippen LogP contribution in [0.3, 0.4) is 0 Å². The second kappa shape index (κ2) is 16.5. The molecule has 4 atom stereocenters. The van der Waals surface area contributed by atoms with Crippen molar-refractivity contribution >= 4 is 41.5 Å². The Labute approximate surface area is 207 Å². The Hall–Kier alpha value is -4.15. The van der Waals surface area contributed by atoms with Crippen molar-refractivity contribution in [3.8, 4) is 0 Å². The number of nitrogens with zero attached hydrogens (tertiary/aromatic N) is 2. The van der Waals surface area contributed by atoms with E-state index in [1.54, 1.807) is 0 Å². The molecule has 36 heavy (non-hydrogen) atoms. The monoisotopic (exact) mass is 515 g/mol. The van der Waals surface area contributed by atoms with Gasteiger partial charge in [-0.2, -0.15) is 0 Å². The van der Waals surface area contributed by atoms with Crippen LogP contribution in [0.4, 0.5) is 0 Å². The van der Waals surface area contributed by atoms with Crippen LogP contribution in [0.1, 0.15) is 39.0 Å². The number of aliphatic carboxylic acids is 1. The van der Waals surface area contributed by atoms with Crippen LogP contribution in [0.5, 0.6) is 0 Å². The van der Waals surface area contributed by atoms with Gasteiger partial charge in [0.25, 0.3) is 0 Å². The second-order valence-corrected chi connectivity index (χ2v) is 7.87. The molecule has 0 aromatic rings. The molecule has 4 amide bonds. The first kappa shape index (κ1) is 31.9. The molecule has 0 aliphatic rings. The van der Waals surface area contributed by atoms with Crippen LogP contribution in [-0.2, 0) is 24.0 Å². The van der Waals surface area contributed by atoms with Crippen molar-refractivity contribution in [2.24, 2.45) is 44.4 Å². The summed E-state index contributed by atoms with van der Waals surface area (Å²) in [5.41, 5.74) is 31.9. The Bertz CT molecular complexity index is 840. The number of nitrogens with two attached hydrogens (primary N) is 6. The van der Waals surface area contributed by atoms with Gasteiger partial charge in [0.05, 0.1) is 12.5 Å². The standard InChI is InChI=1S/C19H37N11O6/c1-9(14(32)30-12(17(35)36)8-13(21)31)28-16(34)11(5-3-7-27-19(24)25)29-15(33)10(20)4-2-6-26-18(22)23/h9-12H,2-8,20H2,1H3,(H2,21,31)(H,28,34)(H,29,33)(H,30,32)(H,35,36)(H4,22,23,26)(H4,24,25,27). The lowest BCUT2D eigenvalue weighted by molar-refractivity contribution is -0.143. The zero-order valence-electron chi connectivity index (χ0n) is 20.1. The van der Waals surface area contributed by atoms with E-state index in [4.69, 9.17) is 39.5 Å². The van der Waals surface area contributed by atoms with Gasteiger partial charge in [-0.1, -0.05) is 0 Å². The zero-order valence-corrected chi connectivity index (χ0v) is 20.1. The number of rotatable bonds is 17. The van der Waals surface area contributed by atoms with Gasteiger partial charge in [-0.15, -0.1) is 0 Å². The van der Waals surface area contributed by atoms with Crippen molar-refractivity contribution in [3.05, 3.63) is 0 Å². The highest BCUT2D eigenvalue weighted by atomic mass is 16.4. The number of nitrogens with one attached hydrogen (secondary N) is 3. The topological polar surface area (TPSA) is 323 Å². The Morgan fingerprint density at radius 2 is 1.25 bits per heavy atom. The van der Waals surface area contributed by atoms with Crippen LogP contribution in [0.2, 0.25) is 0 Å². The molecule has 17 nitrogen and oxygen atoms in total. The highest BCUT2D eigenvalue weighted by Gasteiger charge is 2.28. The molecule has 0 fully saturated rings. The van der Waals surface area contributed by atoms with E-state index in [1.165, 1.54) is 6.92 Å². The lowest BCUT2D eigenvalue weighted by Gasteiger charge is -2.23. The first-order chi connectivity index (χ1) is 16.7. The van der Waals surface area contributed by atoms with Crippen molar-refractivity contribution in [2.45, 2.75) is 63.2 Å². The van der Waals surface area contributed by atoms with Crippen molar-refractivity contribution in [1.82, 2.24) is 16.0 Å². The molecule has 0 radical (unpaired) electrons. The minimum atomic E-state index is -1.57. The van der Waals surface area contributed by atoms with Gasteiger partial charge in [-0.05, 0) is 32.6 Å². The normalized spacial score (nSPS) is 13.7. The Balaban J connectivity index is 5.19. The number of carbonyl (C=O) groups is 5. The van der Waals surface area contributed by atoms with Gasteiger partial charge in [-0.3, -0.25) is 29.2 Å². The molecule has 0 spiro atoms. The summed E-state index contributed by atoms with van der Waals surface area (Å²) in [6.45, 7) is 1.74. The summed E-state index contributed by atoms with van der Waals surface area (Å²) in [5, 5.41) is 16.2. The molecular formula is C19H37N11O6. The Kier molecular flexibility index (Phi) is 14.6. The number of primary amides is 1. The second-order valence-electron chi connectivity index (χ2n) is 7.87. The molecule has 0 aromatic heterocycles. The minimum absolute atomic E-state index is 0.0898. The number of aliphatic imine (C=N–C) groups is 2. The molecule has 17 heteroatoms. The minimum Gasteiger partial charge on any atom is -0.480 e. The van der Waals surface area contributed by atoms with E-state index in [1.807, 2.05) is 0 Å². The summed E-state index contributed by atoms with van der Waals surface area (Å²) in [7, 11) is 0. The molecule has 0 aromatic carbocycles. The van der Waals surface area contributed by atoms with E-state index in [0.717, 1.165) is 0 Å². The van der Waals surface area contributed by atoms with Gasteiger partial charge < -0.3 is 55.5 Å². The third-order valence-corrected chi connectivity index (χ3v) is 4.65. The maximum absolute atomic E-state index is 12.8. The van der Waals surface area contributed by atoms with E-state index >= 15 is 0 Å². The summed E-state index contributed by atoms with van der Waals surface area (Å²) in [6.07, 6.45) is 0.423. The number of hydrogen-bond acceptors (Lipinski definition) is 8. The Morgan fingerprint density at radius 3 is 1.72 bits per heavy atom. The number of carboxylic acids is 1. The molecule has 0 heterocycles. The van der Waals surface area contributed by atoms with Crippen LogP contribution in [0, 0.1) is 0 Å². The van der Waals surface area contributed by atoms with Gasteiger partial charge in [0.15, 0.2) is 11.9 Å². The Morgan fingerprint density at radius 1 is 0.750 bits per heavy atom. The van der Waals surface area contributed by atoms with Crippen molar-refractivity contribution in [2.75, 3.05) is 13.1 Å². The average Bonchev–Trinajstić information content (AvgIpc) is 2.76. The SMILES string of the molecule is CC(NC(=O)C(CCCN=C(N)N)NC(=O)C(N)CCCN=C(N)N)C(=O)NC(CC(N)=O)C(=O)O. The number of carboxylic acid groups (broad SMARTS) is 1. The smallest absolute Gasteiger partial charge is 0.326 e. The quantitative estimate of drug-likeness (QED) is 0.0495. The fourth-order valence-corrected chi connectivity index (χ4v) is 2.78. The average molecular weight is 516 g/mol. The lowest BCUT2D eigenvalue weighted by Crippen LogP contribution is -2.56. The molecule has 0 bridgehead atoms. The molecular weight excluding hydrogens is 478 g/mol. The number of amides is 4. The van der Waals surface area contributed by atoms with E-state index in [2.05, 4.69) is 25.9 Å². The summed E-state index contributed by atoms with van der Waals surface area (Å²) in [4.78, 5) is 67.5. The number of guanidine groups is 2. The van der Waals surface area contributed by atoms with Crippen molar-refractivity contribution in [3.63, 3.8) is 0 Å². The van der Waals surface area contributed by atoms with Gasteiger partial charge in [0.2, 0.25) is 23.6 Å². The lowest BCUT2D eigenvalue weighted by atomic mass is 10.1. The van der Waals surface area contributed by atoms with Crippen LogP contribution in [0.15, 0.2) is 9.98 Å². The summed E-state index contributed by atoms with van der Waals surface area (Å²) < 4.78 is 0. The molecule has 16 N–H and O–H groups in total. The molecule has 4 unspecified atom stereocenters. The van der Waals surface area contributed by atoms with Crippen LogP contribution < -0.4 is 50.4 Å². The van der Waals surface area contributed by atoms with Crippen molar-refractivity contribution < 1.29 is 29.1 Å². The highest BCUT2D eigenvalue weighted by molar-refractivity contribution is 5.94. The van der Waals surface area contributed by atoms with Crippen molar-refractivity contribution in [1.29, 1.82) is 0 Å². The molecule has 0 saturated heterocycles. The van der Waals surface area contributed by atoms with E-state index < -0.39 is 60.2 Å². The zero-order chi connectivity index (χ0) is 27.8. The molecule has 0 aliphatic heterocycles.